The molecule has 0 atom stereocenters. The highest BCUT2D eigenvalue weighted by molar-refractivity contribution is 4.98. The van der Waals surface area contributed by atoms with Crippen LogP contribution in [0.5, 0.6) is 0 Å². The standard InChI is InChI=1S/C32H62N2/c1-3-5-7-9-11-13-17-25-33(29-21-22-30-33)27-19-15-16-20-28-34(31-23-24-32-34)26-18-14-12-10-8-6-4-2/h3-14,17-32H2,1-2H3/q+2. The fraction of sp³-hybridized carbons (Fsp3) is 0.938. The van der Waals surface area contributed by atoms with E-state index in [2.05, 4.69) is 25.7 Å². The van der Waals surface area contributed by atoms with Gasteiger partial charge in [0.25, 0.3) is 0 Å². The van der Waals surface area contributed by atoms with Crippen molar-refractivity contribution in [2.45, 2.75) is 142 Å². The highest BCUT2D eigenvalue weighted by Crippen LogP contribution is 2.23. The van der Waals surface area contributed by atoms with E-state index in [4.69, 9.17) is 0 Å². The maximum atomic E-state index is 3.62. The van der Waals surface area contributed by atoms with E-state index in [-0.39, 0.29) is 0 Å². The minimum atomic E-state index is 1.13. The predicted octanol–water partition coefficient (Wildman–Crippen LogP) is 8.49. The lowest BCUT2D eigenvalue weighted by molar-refractivity contribution is -0.916. The minimum absolute atomic E-state index is 1.13. The second-order valence-electron chi connectivity index (χ2n) is 12.0. The fourth-order valence-electron chi connectivity index (χ4n) is 6.70. The summed E-state index contributed by atoms with van der Waals surface area (Å²) < 4.78 is 2.78. The molecule has 2 nitrogen and oxygen atoms in total. The molecule has 2 saturated heterocycles. The molecule has 0 radical (unpaired) electrons. The van der Waals surface area contributed by atoms with Gasteiger partial charge in [0, 0.05) is 25.7 Å². The summed E-state index contributed by atoms with van der Waals surface area (Å²) in [5.41, 5.74) is 0. The number of hydrogen-bond donors (Lipinski definition) is 0. The monoisotopic (exact) mass is 474 g/mol. The molecule has 0 unspecified atom stereocenters. The molecule has 0 aromatic carbocycles. The molecule has 0 aliphatic carbocycles. The van der Waals surface area contributed by atoms with Crippen LogP contribution in [0.25, 0.3) is 0 Å². The number of nitrogens with zero attached hydrogens (tertiary/aromatic N) is 2. The van der Waals surface area contributed by atoms with Crippen molar-refractivity contribution >= 4 is 0 Å². The van der Waals surface area contributed by atoms with Gasteiger partial charge in [0.15, 0.2) is 0 Å². The van der Waals surface area contributed by atoms with Gasteiger partial charge in [0.05, 0.1) is 65.2 Å². The smallest absolute Gasteiger partial charge is 0.0897 e. The van der Waals surface area contributed by atoms with Gasteiger partial charge in [-0.3, -0.25) is 0 Å². The predicted molar refractivity (Wildman–Crippen MR) is 151 cm³/mol. The molecule has 2 rings (SSSR count). The van der Waals surface area contributed by atoms with Gasteiger partial charge < -0.3 is 8.97 Å². The fourth-order valence-corrected chi connectivity index (χ4v) is 6.70. The van der Waals surface area contributed by atoms with Gasteiger partial charge in [-0.25, -0.2) is 0 Å². The Kier molecular flexibility index (Phi) is 16.3. The van der Waals surface area contributed by atoms with Crippen LogP contribution in [0.3, 0.4) is 0 Å². The maximum Gasteiger partial charge on any atom is 0.0897 e. The van der Waals surface area contributed by atoms with Crippen molar-refractivity contribution in [3.63, 3.8) is 0 Å². The van der Waals surface area contributed by atoms with Crippen LogP contribution < -0.4 is 0 Å². The van der Waals surface area contributed by atoms with Gasteiger partial charge in [-0.15, -0.1) is 0 Å². The zero-order valence-corrected chi connectivity index (χ0v) is 23.7. The first-order chi connectivity index (χ1) is 16.7. The van der Waals surface area contributed by atoms with Gasteiger partial charge in [0.1, 0.15) is 0 Å². The van der Waals surface area contributed by atoms with Crippen LogP contribution >= 0.6 is 0 Å². The summed E-state index contributed by atoms with van der Waals surface area (Å²) in [6, 6.07) is 0. The molecule has 2 fully saturated rings. The summed E-state index contributed by atoms with van der Waals surface area (Å²) in [4.78, 5) is 0. The van der Waals surface area contributed by atoms with Crippen molar-refractivity contribution in [2.24, 2.45) is 0 Å². The quantitative estimate of drug-likeness (QED) is 0.0942. The average Bonchev–Trinajstić information content (AvgIpc) is 3.51. The van der Waals surface area contributed by atoms with Crippen LogP contribution in [0.15, 0.2) is 0 Å². The Morgan fingerprint density at radius 3 is 1.09 bits per heavy atom. The molecule has 0 amide bonds. The number of hydrogen-bond acceptors (Lipinski definition) is 0. The molecule has 2 aliphatic rings. The lowest BCUT2D eigenvalue weighted by Gasteiger charge is -2.34. The van der Waals surface area contributed by atoms with Crippen molar-refractivity contribution in [3.05, 3.63) is 0 Å². The van der Waals surface area contributed by atoms with Crippen molar-refractivity contribution < 1.29 is 8.97 Å². The van der Waals surface area contributed by atoms with Crippen LogP contribution in [-0.2, 0) is 0 Å². The summed E-state index contributed by atoms with van der Waals surface area (Å²) in [7, 11) is 0. The lowest BCUT2D eigenvalue weighted by atomic mass is 10.1. The normalized spacial score (nSPS) is 18.8. The average molecular weight is 475 g/mol. The Morgan fingerprint density at radius 1 is 0.412 bits per heavy atom. The van der Waals surface area contributed by atoms with E-state index < -0.39 is 0 Å². The summed E-state index contributed by atoms with van der Waals surface area (Å²) in [6.07, 6.45) is 28.2. The van der Waals surface area contributed by atoms with E-state index in [1.165, 1.54) is 177 Å². The highest BCUT2D eigenvalue weighted by Gasteiger charge is 2.31. The number of quaternary nitrogens is 2. The third kappa shape index (κ3) is 12.4. The first-order valence-corrected chi connectivity index (χ1v) is 15.9. The van der Waals surface area contributed by atoms with Crippen molar-refractivity contribution in [3.8, 4) is 11.8 Å². The molecule has 0 spiro atoms. The molecule has 0 bridgehead atoms. The molecule has 198 valence electrons. The van der Waals surface area contributed by atoms with Gasteiger partial charge in [0.2, 0.25) is 0 Å². The molecular formula is C32H62N2+2. The van der Waals surface area contributed by atoms with Crippen LogP contribution in [0.4, 0.5) is 0 Å². The Hall–Kier alpha value is -0.520. The summed E-state index contributed by atoms with van der Waals surface area (Å²) in [5.74, 6) is 7.25. The molecule has 2 heterocycles. The molecule has 0 N–H and O–H groups in total. The lowest BCUT2D eigenvalue weighted by Crippen LogP contribution is -2.46. The molecule has 2 heteroatoms. The highest BCUT2D eigenvalue weighted by atomic mass is 15.4. The molecule has 0 aromatic heterocycles. The first-order valence-electron chi connectivity index (χ1n) is 15.9. The number of likely N-dealkylation sites (tertiary alicyclic amines) is 2. The molecule has 0 saturated carbocycles. The SMILES string of the molecule is CCCCCCCCC[N+]1(CCC#CCC[N+]2(CCCCCCCCC)CCCC2)CCCC1. The minimum Gasteiger partial charge on any atom is -0.323 e. The van der Waals surface area contributed by atoms with Crippen LogP contribution in [-0.4, -0.2) is 61.3 Å². The molecule has 2 aliphatic heterocycles. The van der Waals surface area contributed by atoms with Crippen LogP contribution in [0.2, 0.25) is 0 Å². The Bertz CT molecular complexity index is 485. The van der Waals surface area contributed by atoms with Crippen LogP contribution in [0, 0.1) is 11.8 Å². The molecule has 0 aromatic rings. The van der Waals surface area contributed by atoms with Crippen molar-refractivity contribution in [1.82, 2.24) is 0 Å². The van der Waals surface area contributed by atoms with Gasteiger partial charge in [-0.2, -0.15) is 0 Å². The Labute approximate surface area is 215 Å². The van der Waals surface area contributed by atoms with E-state index in [1.54, 1.807) is 0 Å². The number of unbranched alkanes of at least 4 members (excludes halogenated alkanes) is 12. The number of rotatable bonds is 20. The van der Waals surface area contributed by atoms with Crippen molar-refractivity contribution in [2.75, 3.05) is 52.4 Å². The first kappa shape index (κ1) is 29.7. The second-order valence-corrected chi connectivity index (χ2v) is 12.0. The van der Waals surface area contributed by atoms with E-state index in [1.807, 2.05) is 0 Å². The van der Waals surface area contributed by atoms with E-state index in [0.717, 1.165) is 12.8 Å². The van der Waals surface area contributed by atoms with Gasteiger partial charge in [-0.05, 0) is 25.7 Å². The maximum absolute atomic E-state index is 3.62. The van der Waals surface area contributed by atoms with E-state index in [0.29, 0.717) is 0 Å². The van der Waals surface area contributed by atoms with Crippen molar-refractivity contribution in [1.29, 1.82) is 0 Å². The van der Waals surface area contributed by atoms with E-state index >= 15 is 0 Å². The third-order valence-electron chi connectivity index (χ3n) is 9.05. The largest absolute Gasteiger partial charge is 0.323 e. The zero-order chi connectivity index (χ0) is 24.2. The molecule has 34 heavy (non-hydrogen) atoms. The summed E-state index contributed by atoms with van der Waals surface area (Å²) in [6.45, 7) is 15.8. The Morgan fingerprint density at radius 2 is 0.735 bits per heavy atom. The third-order valence-corrected chi connectivity index (χ3v) is 9.05. The topological polar surface area (TPSA) is 0 Å². The van der Waals surface area contributed by atoms with Crippen LogP contribution in [0.1, 0.15) is 142 Å². The van der Waals surface area contributed by atoms with E-state index in [9.17, 15) is 0 Å². The molecular weight excluding hydrogens is 412 g/mol. The van der Waals surface area contributed by atoms with Gasteiger partial charge in [-0.1, -0.05) is 89.9 Å². The summed E-state index contributed by atoms with van der Waals surface area (Å²) in [5, 5.41) is 0. The van der Waals surface area contributed by atoms with Gasteiger partial charge >= 0.3 is 0 Å². The Balaban J connectivity index is 1.61. The second kappa shape index (κ2) is 18.7. The zero-order valence-electron chi connectivity index (χ0n) is 23.7. The summed E-state index contributed by atoms with van der Waals surface area (Å²) >= 11 is 0.